The molecule has 1 nitrogen and oxygen atoms in total. The fraction of sp³-hybridized carbons (Fsp3) is 0.0714. The molecule has 16 heavy (non-hydrogen) atoms. The van der Waals surface area contributed by atoms with Crippen LogP contribution < -0.4 is 10.6 Å². The maximum absolute atomic E-state index is 11.8. The normalized spacial score (nSPS) is 10.4. The van der Waals surface area contributed by atoms with E-state index in [9.17, 15) is 4.79 Å². The maximum Gasteiger partial charge on any atom is 0.160 e. The molecule has 0 spiro atoms. The van der Waals surface area contributed by atoms with E-state index in [1.807, 2.05) is 60.7 Å². The van der Waals surface area contributed by atoms with Crippen LogP contribution in [0, 0.1) is 0 Å². The van der Waals surface area contributed by atoms with Crippen LogP contribution in [0.4, 0.5) is 0 Å². The van der Waals surface area contributed by atoms with Gasteiger partial charge in [-0.05, 0) is 17.5 Å². The standard InChI is InChI=1S/C14H13OP/c1-12(15)16(13-8-4-2-5-9-13)14-10-6-3-7-11-14/h2-11H,1H3. The number of carbonyl (C=O) groups excluding carboxylic acids is 1. The fourth-order valence-corrected chi connectivity index (χ4v) is 3.63. The number of benzene rings is 2. The number of rotatable bonds is 3. The Kier molecular flexibility index (Phi) is 3.48. The number of hydrogen-bond acceptors (Lipinski definition) is 1. The van der Waals surface area contributed by atoms with Gasteiger partial charge in [0.2, 0.25) is 0 Å². The van der Waals surface area contributed by atoms with Gasteiger partial charge in [-0.2, -0.15) is 0 Å². The van der Waals surface area contributed by atoms with Crippen LogP contribution in [0.5, 0.6) is 0 Å². The zero-order chi connectivity index (χ0) is 11.4. The Morgan fingerprint density at radius 2 is 1.19 bits per heavy atom. The predicted octanol–water partition coefficient (Wildman–Crippen LogP) is 2.67. The molecule has 2 aromatic rings. The zero-order valence-corrected chi connectivity index (χ0v) is 10.0. The van der Waals surface area contributed by atoms with Crippen molar-refractivity contribution in [2.45, 2.75) is 6.92 Å². The summed E-state index contributed by atoms with van der Waals surface area (Å²) in [5.41, 5.74) is 0.243. The Bertz CT molecular complexity index is 425. The minimum atomic E-state index is -0.849. The van der Waals surface area contributed by atoms with Crippen LogP contribution in [0.2, 0.25) is 0 Å². The summed E-state index contributed by atoms with van der Waals surface area (Å²) in [4.78, 5) is 11.8. The third kappa shape index (κ3) is 2.37. The van der Waals surface area contributed by atoms with Crippen molar-refractivity contribution in [2.24, 2.45) is 0 Å². The highest BCUT2D eigenvalue weighted by atomic mass is 31.1. The van der Waals surface area contributed by atoms with Gasteiger partial charge in [-0.1, -0.05) is 60.7 Å². The molecule has 0 aromatic heterocycles. The Balaban J connectivity index is 2.44. The summed E-state index contributed by atoms with van der Waals surface area (Å²) in [5.74, 6) is 0. The Morgan fingerprint density at radius 3 is 1.50 bits per heavy atom. The minimum Gasteiger partial charge on any atom is -0.294 e. The highest BCUT2D eigenvalue weighted by Crippen LogP contribution is 2.33. The molecule has 0 bridgehead atoms. The highest BCUT2D eigenvalue weighted by Gasteiger charge is 2.17. The second-order valence-corrected chi connectivity index (χ2v) is 5.86. The van der Waals surface area contributed by atoms with E-state index in [0.717, 1.165) is 10.6 Å². The molecule has 0 aliphatic carbocycles. The maximum atomic E-state index is 11.8. The molecule has 0 radical (unpaired) electrons. The molecule has 0 aliphatic heterocycles. The van der Waals surface area contributed by atoms with Crippen LogP contribution in [-0.4, -0.2) is 5.52 Å². The molecule has 0 aliphatic rings. The first kappa shape index (κ1) is 11.0. The monoisotopic (exact) mass is 228 g/mol. The lowest BCUT2D eigenvalue weighted by molar-refractivity contribution is -0.109. The molecular weight excluding hydrogens is 215 g/mol. The van der Waals surface area contributed by atoms with Gasteiger partial charge in [0.15, 0.2) is 5.52 Å². The van der Waals surface area contributed by atoms with Gasteiger partial charge in [-0.25, -0.2) is 0 Å². The van der Waals surface area contributed by atoms with E-state index in [0.29, 0.717) is 0 Å². The molecule has 0 atom stereocenters. The lowest BCUT2D eigenvalue weighted by atomic mass is 10.4. The molecule has 0 amide bonds. The van der Waals surface area contributed by atoms with Gasteiger partial charge in [0.25, 0.3) is 0 Å². The van der Waals surface area contributed by atoms with Gasteiger partial charge in [0, 0.05) is 7.92 Å². The summed E-state index contributed by atoms with van der Waals surface area (Å²) < 4.78 is 0. The van der Waals surface area contributed by atoms with Gasteiger partial charge in [0.05, 0.1) is 0 Å². The summed E-state index contributed by atoms with van der Waals surface area (Å²) in [6, 6.07) is 20.0. The van der Waals surface area contributed by atoms with E-state index in [1.165, 1.54) is 0 Å². The van der Waals surface area contributed by atoms with Gasteiger partial charge < -0.3 is 0 Å². The van der Waals surface area contributed by atoms with E-state index in [-0.39, 0.29) is 5.52 Å². The largest absolute Gasteiger partial charge is 0.294 e. The van der Waals surface area contributed by atoms with Crippen LogP contribution in [0.3, 0.4) is 0 Å². The summed E-state index contributed by atoms with van der Waals surface area (Å²) in [6.07, 6.45) is 0. The summed E-state index contributed by atoms with van der Waals surface area (Å²) >= 11 is 0. The first-order valence-corrected chi connectivity index (χ1v) is 6.54. The molecule has 80 valence electrons. The molecule has 0 fully saturated rings. The molecule has 0 saturated carbocycles. The van der Waals surface area contributed by atoms with Crippen molar-refractivity contribution in [2.75, 3.05) is 0 Å². The van der Waals surface area contributed by atoms with Crippen molar-refractivity contribution in [3.05, 3.63) is 60.7 Å². The summed E-state index contributed by atoms with van der Waals surface area (Å²) in [7, 11) is -0.849. The van der Waals surface area contributed by atoms with Crippen molar-refractivity contribution < 1.29 is 4.79 Å². The summed E-state index contributed by atoms with van der Waals surface area (Å²) in [5, 5.41) is 2.24. The van der Waals surface area contributed by atoms with Crippen molar-refractivity contribution in [3.8, 4) is 0 Å². The molecule has 0 N–H and O–H groups in total. The van der Waals surface area contributed by atoms with E-state index in [4.69, 9.17) is 0 Å². The van der Waals surface area contributed by atoms with Crippen molar-refractivity contribution in [1.29, 1.82) is 0 Å². The third-order valence-corrected chi connectivity index (χ3v) is 4.60. The van der Waals surface area contributed by atoms with E-state index >= 15 is 0 Å². The molecule has 2 rings (SSSR count). The minimum absolute atomic E-state index is 0.243. The fourth-order valence-electron chi connectivity index (χ4n) is 1.67. The molecular formula is C14H13OP. The second-order valence-electron chi connectivity index (χ2n) is 3.53. The quantitative estimate of drug-likeness (QED) is 0.738. The van der Waals surface area contributed by atoms with Crippen LogP contribution >= 0.6 is 7.92 Å². The lowest BCUT2D eigenvalue weighted by Crippen LogP contribution is -2.15. The molecule has 0 unspecified atom stereocenters. The molecule has 2 heteroatoms. The Morgan fingerprint density at radius 1 is 0.812 bits per heavy atom. The van der Waals surface area contributed by atoms with Gasteiger partial charge in [-0.3, -0.25) is 4.79 Å². The third-order valence-electron chi connectivity index (χ3n) is 2.34. The number of carbonyl (C=O) groups is 1. The second kappa shape index (κ2) is 5.05. The zero-order valence-electron chi connectivity index (χ0n) is 9.13. The van der Waals surface area contributed by atoms with Gasteiger partial charge in [0.1, 0.15) is 0 Å². The Hall–Kier alpha value is -1.46. The molecule has 0 saturated heterocycles. The predicted molar refractivity (Wildman–Crippen MR) is 69.8 cm³/mol. The van der Waals surface area contributed by atoms with E-state index in [1.54, 1.807) is 6.92 Å². The van der Waals surface area contributed by atoms with Crippen molar-refractivity contribution >= 4 is 24.1 Å². The SMILES string of the molecule is CC(=O)P(c1ccccc1)c1ccccc1. The number of hydrogen-bond donors (Lipinski definition) is 0. The first-order chi connectivity index (χ1) is 7.79. The lowest BCUT2D eigenvalue weighted by Gasteiger charge is -2.14. The molecule has 2 aromatic carbocycles. The molecule has 0 heterocycles. The van der Waals surface area contributed by atoms with Crippen LogP contribution in [0.25, 0.3) is 0 Å². The average molecular weight is 228 g/mol. The topological polar surface area (TPSA) is 17.1 Å². The van der Waals surface area contributed by atoms with E-state index in [2.05, 4.69) is 0 Å². The van der Waals surface area contributed by atoms with Crippen LogP contribution in [0.15, 0.2) is 60.7 Å². The van der Waals surface area contributed by atoms with Gasteiger partial charge >= 0.3 is 0 Å². The highest BCUT2D eigenvalue weighted by molar-refractivity contribution is 7.87. The van der Waals surface area contributed by atoms with Crippen molar-refractivity contribution in [3.63, 3.8) is 0 Å². The van der Waals surface area contributed by atoms with Crippen molar-refractivity contribution in [1.82, 2.24) is 0 Å². The Labute approximate surface area is 96.9 Å². The summed E-state index contributed by atoms with van der Waals surface area (Å²) in [6.45, 7) is 1.67. The average Bonchev–Trinajstić information content (AvgIpc) is 2.31. The van der Waals surface area contributed by atoms with Crippen LogP contribution in [0.1, 0.15) is 6.92 Å². The van der Waals surface area contributed by atoms with Crippen LogP contribution in [-0.2, 0) is 4.79 Å². The van der Waals surface area contributed by atoms with E-state index < -0.39 is 7.92 Å². The first-order valence-electron chi connectivity index (χ1n) is 5.20. The smallest absolute Gasteiger partial charge is 0.160 e. The van der Waals surface area contributed by atoms with Gasteiger partial charge in [-0.15, -0.1) is 0 Å².